The molecule has 19 heavy (non-hydrogen) atoms. The van der Waals surface area contributed by atoms with Gasteiger partial charge < -0.3 is 0 Å². The van der Waals surface area contributed by atoms with Gasteiger partial charge in [-0.3, -0.25) is 14.9 Å². The summed E-state index contributed by atoms with van der Waals surface area (Å²) < 4.78 is 0. The summed E-state index contributed by atoms with van der Waals surface area (Å²) in [7, 11) is 0. The molecule has 0 bridgehead atoms. The molecule has 1 aliphatic heterocycles. The number of hydrogen-bond donors (Lipinski definition) is 1. The molecule has 1 aromatic carbocycles. The lowest BCUT2D eigenvalue weighted by atomic mass is 9.66. The van der Waals surface area contributed by atoms with E-state index in [1.54, 1.807) is 24.3 Å². The molecule has 98 valence electrons. The summed E-state index contributed by atoms with van der Waals surface area (Å²) >= 11 is 5.78. The molecule has 2 aliphatic rings. The van der Waals surface area contributed by atoms with Crippen molar-refractivity contribution in [3.63, 3.8) is 0 Å². The zero-order chi connectivity index (χ0) is 13.6. The van der Waals surface area contributed by atoms with Gasteiger partial charge in [-0.15, -0.1) is 0 Å². The Kier molecular flexibility index (Phi) is 2.60. The second-order valence-electron chi connectivity index (χ2n) is 4.81. The Morgan fingerprint density at radius 3 is 2.26 bits per heavy atom. The van der Waals surface area contributed by atoms with Crippen LogP contribution in [0.4, 0.5) is 10.5 Å². The highest BCUT2D eigenvalue weighted by Gasteiger charge is 2.57. The van der Waals surface area contributed by atoms with Crippen LogP contribution in [-0.2, 0) is 9.59 Å². The maximum absolute atomic E-state index is 12.4. The minimum Gasteiger partial charge on any atom is -0.276 e. The number of hydrogen-bond acceptors (Lipinski definition) is 3. The number of nitrogens with one attached hydrogen (secondary N) is 1. The smallest absolute Gasteiger partial charge is 0.276 e. The molecule has 1 aromatic rings. The highest BCUT2D eigenvalue weighted by molar-refractivity contribution is 6.31. The highest BCUT2D eigenvalue weighted by atomic mass is 35.5. The van der Waals surface area contributed by atoms with E-state index in [2.05, 4.69) is 5.32 Å². The summed E-state index contributed by atoms with van der Waals surface area (Å²) in [5, 5.41) is 2.78. The first-order chi connectivity index (χ1) is 9.04. The van der Waals surface area contributed by atoms with E-state index in [1.165, 1.54) is 0 Å². The fourth-order valence-corrected chi connectivity index (χ4v) is 2.60. The third-order valence-corrected chi connectivity index (χ3v) is 4.01. The van der Waals surface area contributed by atoms with Crippen LogP contribution in [0.15, 0.2) is 24.3 Å². The number of imide groups is 2. The van der Waals surface area contributed by atoms with Crippen LogP contribution in [0.2, 0.25) is 5.02 Å². The average molecular weight is 279 g/mol. The Balaban J connectivity index is 2.00. The molecular weight excluding hydrogens is 268 g/mol. The van der Waals surface area contributed by atoms with Crippen LogP contribution >= 0.6 is 11.6 Å². The number of rotatable bonds is 1. The summed E-state index contributed by atoms with van der Waals surface area (Å²) in [5.74, 6) is -0.909. The molecular formula is C13H11ClN2O3. The van der Waals surface area contributed by atoms with E-state index in [4.69, 9.17) is 11.6 Å². The van der Waals surface area contributed by atoms with Crippen molar-refractivity contribution in [1.29, 1.82) is 0 Å². The number of urea groups is 1. The van der Waals surface area contributed by atoms with Gasteiger partial charge >= 0.3 is 6.03 Å². The predicted octanol–water partition coefficient (Wildman–Crippen LogP) is 2.09. The monoisotopic (exact) mass is 278 g/mol. The largest absolute Gasteiger partial charge is 0.335 e. The summed E-state index contributed by atoms with van der Waals surface area (Å²) in [6.45, 7) is 0. The number of benzene rings is 1. The van der Waals surface area contributed by atoms with Gasteiger partial charge in [-0.05, 0) is 37.1 Å². The van der Waals surface area contributed by atoms with E-state index in [1.807, 2.05) is 0 Å². The van der Waals surface area contributed by atoms with Crippen molar-refractivity contribution < 1.29 is 14.4 Å². The quantitative estimate of drug-likeness (QED) is 0.800. The standard InChI is InChI=1S/C13H11ClN2O3/c14-8-2-4-9(5-3-8)16-11(18)13(6-1-7-13)10(17)15-12(16)19/h2-5H,1,6-7H2,(H,15,17,19). The van der Waals surface area contributed by atoms with Gasteiger partial charge in [-0.25, -0.2) is 9.69 Å². The van der Waals surface area contributed by atoms with Crippen molar-refractivity contribution in [2.45, 2.75) is 19.3 Å². The maximum Gasteiger partial charge on any atom is 0.335 e. The van der Waals surface area contributed by atoms with Crippen molar-refractivity contribution in [3.8, 4) is 0 Å². The Labute approximate surface area is 114 Å². The molecule has 5 nitrogen and oxygen atoms in total. The van der Waals surface area contributed by atoms with Gasteiger partial charge in [0.15, 0.2) is 0 Å². The lowest BCUT2D eigenvalue weighted by Gasteiger charge is -2.44. The van der Waals surface area contributed by atoms with Crippen molar-refractivity contribution in [3.05, 3.63) is 29.3 Å². The second-order valence-corrected chi connectivity index (χ2v) is 5.25. The first-order valence-electron chi connectivity index (χ1n) is 6.00. The van der Waals surface area contributed by atoms with Crippen LogP contribution in [0.3, 0.4) is 0 Å². The summed E-state index contributed by atoms with van der Waals surface area (Å²) in [5.41, 5.74) is -0.626. The Hall–Kier alpha value is -1.88. The van der Waals surface area contributed by atoms with Crippen molar-refractivity contribution in [2.75, 3.05) is 4.90 Å². The van der Waals surface area contributed by atoms with Crippen LogP contribution in [0.25, 0.3) is 0 Å². The molecule has 0 aromatic heterocycles. The molecule has 1 saturated carbocycles. The van der Waals surface area contributed by atoms with E-state index in [0.29, 0.717) is 23.6 Å². The zero-order valence-corrected chi connectivity index (χ0v) is 10.7. The van der Waals surface area contributed by atoms with E-state index < -0.39 is 23.3 Å². The van der Waals surface area contributed by atoms with Gasteiger partial charge in [0.25, 0.3) is 5.91 Å². The number of barbiturate groups is 1. The molecule has 1 spiro atoms. The minimum absolute atomic E-state index is 0.422. The lowest BCUT2D eigenvalue weighted by Crippen LogP contribution is -2.66. The molecule has 3 rings (SSSR count). The molecule has 1 saturated heterocycles. The van der Waals surface area contributed by atoms with Crippen LogP contribution in [0.5, 0.6) is 0 Å². The van der Waals surface area contributed by atoms with E-state index in [-0.39, 0.29) is 0 Å². The van der Waals surface area contributed by atoms with Crippen LogP contribution in [0, 0.1) is 5.41 Å². The van der Waals surface area contributed by atoms with Gasteiger partial charge in [0.1, 0.15) is 5.41 Å². The van der Waals surface area contributed by atoms with Gasteiger partial charge in [0, 0.05) is 5.02 Å². The Bertz CT molecular complexity index is 578. The predicted molar refractivity (Wildman–Crippen MR) is 68.8 cm³/mol. The molecule has 1 N–H and O–H groups in total. The Morgan fingerprint density at radius 1 is 1.11 bits per heavy atom. The molecule has 2 fully saturated rings. The average Bonchev–Trinajstić information content (AvgIpc) is 2.29. The van der Waals surface area contributed by atoms with Gasteiger partial charge in [0.2, 0.25) is 5.91 Å². The van der Waals surface area contributed by atoms with Gasteiger partial charge in [-0.2, -0.15) is 0 Å². The fraction of sp³-hybridized carbons (Fsp3) is 0.308. The molecule has 0 atom stereocenters. The molecule has 0 unspecified atom stereocenters. The van der Waals surface area contributed by atoms with E-state index in [9.17, 15) is 14.4 Å². The van der Waals surface area contributed by atoms with Gasteiger partial charge in [-0.1, -0.05) is 18.0 Å². The molecule has 1 aliphatic carbocycles. The lowest BCUT2D eigenvalue weighted by molar-refractivity contribution is -0.148. The Morgan fingerprint density at radius 2 is 1.74 bits per heavy atom. The van der Waals surface area contributed by atoms with E-state index >= 15 is 0 Å². The number of carbonyl (C=O) groups excluding carboxylic acids is 3. The maximum atomic E-state index is 12.4. The van der Waals surface area contributed by atoms with Crippen molar-refractivity contribution >= 4 is 35.1 Å². The summed E-state index contributed by atoms with van der Waals surface area (Å²) in [4.78, 5) is 37.2. The summed E-state index contributed by atoms with van der Waals surface area (Å²) in [6.07, 6.45) is 1.81. The molecule has 6 heteroatoms. The highest BCUT2D eigenvalue weighted by Crippen LogP contribution is 2.45. The fourth-order valence-electron chi connectivity index (χ4n) is 2.47. The minimum atomic E-state index is -1.05. The normalized spacial score (nSPS) is 21.3. The number of amides is 4. The zero-order valence-electron chi connectivity index (χ0n) is 9.98. The van der Waals surface area contributed by atoms with Crippen LogP contribution in [0.1, 0.15) is 19.3 Å². The summed E-state index contributed by atoms with van der Waals surface area (Å²) in [6, 6.07) is 5.67. The van der Waals surface area contributed by atoms with Gasteiger partial charge in [0.05, 0.1) is 5.69 Å². The number of halogens is 1. The third kappa shape index (κ3) is 1.65. The topological polar surface area (TPSA) is 66.5 Å². The first-order valence-corrected chi connectivity index (χ1v) is 6.38. The first kappa shape index (κ1) is 12.2. The number of carbonyl (C=O) groups is 3. The van der Waals surface area contributed by atoms with E-state index in [0.717, 1.165) is 11.3 Å². The van der Waals surface area contributed by atoms with Crippen molar-refractivity contribution in [2.24, 2.45) is 5.41 Å². The molecule has 4 amide bonds. The molecule has 1 heterocycles. The van der Waals surface area contributed by atoms with Crippen LogP contribution in [-0.4, -0.2) is 17.8 Å². The SMILES string of the molecule is O=C1NC(=O)C2(CCC2)C(=O)N1c1ccc(Cl)cc1. The number of anilines is 1. The molecule has 0 radical (unpaired) electrons. The number of nitrogens with zero attached hydrogens (tertiary/aromatic N) is 1. The van der Waals surface area contributed by atoms with Crippen molar-refractivity contribution in [1.82, 2.24) is 5.32 Å². The second kappa shape index (κ2) is 4.06. The van der Waals surface area contributed by atoms with Crippen LogP contribution < -0.4 is 10.2 Å². The third-order valence-electron chi connectivity index (χ3n) is 3.76.